The van der Waals surface area contributed by atoms with Crippen molar-refractivity contribution < 1.29 is 19.1 Å². The fraction of sp³-hybridized carbons (Fsp3) is 0.421. The van der Waals surface area contributed by atoms with E-state index in [0.717, 1.165) is 34.6 Å². The molecule has 2 rings (SSSR count). The number of nitrogens with one attached hydrogen (secondary N) is 1. The van der Waals surface area contributed by atoms with E-state index in [1.165, 1.54) is 19.8 Å². The van der Waals surface area contributed by atoms with Crippen LogP contribution in [0.5, 0.6) is 11.5 Å². The number of aliphatic imine (C=N–C) groups is 1. The molecule has 2 amide bonds. The van der Waals surface area contributed by atoms with Gasteiger partial charge in [-0.25, -0.2) is 0 Å². The van der Waals surface area contributed by atoms with Gasteiger partial charge in [0.2, 0.25) is 5.91 Å². The Morgan fingerprint density at radius 2 is 2.11 bits per heavy atom. The molecule has 1 aromatic rings. The third kappa shape index (κ3) is 6.39. The van der Waals surface area contributed by atoms with Gasteiger partial charge in [-0.2, -0.15) is 4.99 Å². The van der Waals surface area contributed by atoms with Crippen molar-refractivity contribution in [3.63, 3.8) is 0 Å². The second kappa shape index (κ2) is 10.5. The number of ether oxygens (including phenoxy) is 2. The van der Waals surface area contributed by atoms with E-state index in [4.69, 9.17) is 9.47 Å². The first kappa shape index (κ1) is 21.5. The van der Waals surface area contributed by atoms with Gasteiger partial charge in [0.25, 0.3) is 5.91 Å². The van der Waals surface area contributed by atoms with Crippen molar-refractivity contribution in [1.29, 1.82) is 0 Å². The highest BCUT2D eigenvalue weighted by Gasteiger charge is 2.23. The summed E-state index contributed by atoms with van der Waals surface area (Å²) in [6.07, 6.45) is 6.22. The van der Waals surface area contributed by atoms with Crippen LogP contribution in [0.4, 0.5) is 0 Å². The van der Waals surface area contributed by atoms with E-state index in [1.807, 2.05) is 12.1 Å². The summed E-state index contributed by atoms with van der Waals surface area (Å²) in [4.78, 5) is 27.4. The van der Waals surface area contributed by atoms with E-state index in [0.29, 0.717) is 23.0 Å². The Kier molecular flexibility index (Phi) is 8.37. The highest BCUT2D eigenvalue weighted by Crippen LogP contribution is 2.38. The summed E-state index contributed by atoms with van der Waals surface area (Å²) in [6, 6.07) is 3.67. The van der Waals surface area contributed by atoms with Gasteiger partial charge in [-0.3, -0.25) is 9.59 Å². The number of rotatable bonds is 8. The third-order valence-electron chi connectivity index (χ3n) is 3.70. The Morgan fingerprint density at radius 3 is 2.78 bits per heavy atom. The Hall–Kier alpha value is -1.80. The van der Waals surface area contributed by atoms with Crippen LogP contribution in [-0.4, -0.2) is 30.7 Å². The molecular weight excluding hydrogens is 432 g/mol. The zero-order chi connectivity index (χ0) is 19.8. The number of nitrogens with zero attached hydrogens (tertiary/aromatic N) is 1. The molecule has 6 nitrogen and oxygen atoms in total. The first-order valence-corrected chi connectivity index (χ1v) is 10.4. The highest BCUT2D eigenvalue weighted by atomic mass is 79.9. The average molecular weight is 455 g/mol. The van der Waals surface area contributed by atoms with Gasteiger partial charge in [-0.05, 0) is 57.9 Å². The van der Waals surface area contributed by atoms with Crippen LogP contribution < -0.4 is 14.8 Å². The lowest BCUT2D eigenvalue weighted by Gasteiger charge is -2.13. The largest absolute Gasteiger partial charge is 0.493 e. The van der Waals surface area contributed by atoms with Crippen LogP contribution in [0.15, 0.2) is 26.5 Å². The Morgan fingerprint density at radius 1 is 1.33 bits per heavy atom. The molecule has 0 aliphatic carbocycles. The molecule has 1 aliphatic heterocycles. The van der Waals surface area contributed by atoms with E-state index in [1.54, 1.807) is 13.2 Å². The van der Waals surface area contributed by atoms with Crippen LogP contribution >= 0.6 is 27.7 Å². The molecule has 0 saturated heterocycles. The highest BCUT2D eigenvalue weighted by molar-refractivity contribution is 9.10. The lowest BCUT2D eigenvalue weighted by molar-refractivity contribution is -0.117. The second-order valence-electron chi connectivity index (χ2n) is 5.96. The Balaban J connectivity index is 2.12. The smallest absolute Gasteiger partial charge is 0.286 e. The summed E-state index contributed by atoms with van der Waals surface area (Å²) in [7, 11) is 1.58. The van der Waals surface area contributed by atoms with E-state index in [9.17, 15) is 9.59 Å². The summed E-state index contributed by atoms with van der Waals surface area (Å²) in [6.45, 7) is 4.17. The maximum Gasteiger partial charge on any atom is 0.286 e. The van der Waals surface area contributed by atoms with Gasteiger partial charge in [0.05, 0.1) is 23.1 Å². The van der Waals surface area contributed by atoms with Gasteiger partial charge in [0.1, 0.15) is 0 Å². The van der Waals surface area contributed by atoms with Crippen molar-refractivity contribution in [2.75, 3.05) is 13.7 Å². The number of amidine groups is 1. The molecule has 0 bridgehead atoms. The van der Waals surface area contributed by atoms with Crippen LogP contribution in [0, 0.1) is 0 Å². The van der Waals surface area contributed by atoms with Gasteiger partial charge >= 0.3 is 0 Å². The molecule has 0 fully saturated rings. The fourth-order valence-electron chi connectivity index (χ4n) is 2.43. The number of unbranched alkanes of at least 4 members (excludes halogenated alkanes) is 3. The Bertz CT molecular complexity index is 777. The minimum Gasteiger partial charge on any atom is -0.493 e. The number of thioether (sulfide) groups is 1. The lowest BCUT2D eigenvalue weighted by atomic mass is 10.2. The van der Waals surface area contributed by atoms with Gasteiger partial charge in [0.15, 0.2) is 16.7 Å². The van der Waals surface area contributed by atoms with Gasteiger partial charge in [0, 0.05) is 6.92 Å². The van der Waals surface area contributed by atoms with Crippen LogP contribution in [0.25, 0.3) is 6.08 Å². The molecule has 0 aromatic heterocycles. The van der Waals surface area contributed by atoms with Crippen LogP contribution in [0.1, 0.15) is 45.1 Å². The number of amides is 2. The molecule has 0 unspecified atom stereocenters. The minimum absolute atomic E-state index is 0.264. The number of methoxy groups -OCH3 is 1. The summed E-state index contributed by atoms with van der Waals surface area (Å²) in [5, 5.41) is 2.82. The van der Waals surface area contributed by atoms with E-state index in [-0.39, 0.29) is 17.0 Å². The summed E-state index contributed by atoms with van der Waals surface area (Å²) >= 11 is 4.65. The normalized spacial score (nSPS) is 15.0. The predicted molar refractivity (Wildman–Crippen MR) is 112 cm³/mol. The molecular formula is C19H23BrN2O4S. The van der Waals surface area contributed by atoms with Crippen molar-refractivity contribution >= 4 is 50.7 Å². The third-order valence-corrected chi connectivity index (χ3v) is 5.19. The standard InChI is InChI=1S/C19H23BrN2O4S/c1-4-5-6-7-8-26-17-14(20)9-13(10-15(17)25-3)11-16-18(24)22-19(27-16)21-12(2)23/h9-11H,4-8H2,1-3H3,(H,21,22,23,24). The molecule has 27 heavy (non-hydrogen) atoms. The van der Waals surface area contributed by atoms with Gasteiger partial charge in [-0.1, -0.05) is 26.2 Å². The minimum atomic E-state index is -0.380. The van der Waals surface area contributed by atoms with E-state index in [2.05, 4.69) is 33.2 Å². The number of hydrogen-bond donors (Lipinski definition) is 1. The second-order valence-corrected chi connectivity index (χ2v) is 7.84. The molecule has 146 valence electrons. The lowest BCUT2D eigenvalue weighted by Crippen LogP contribution is -2.23. The molecule has 8 heteroatoms. The number of benzene rings is 1. The maximum absolute atomic E-state index is 12.0. The molecule has 0 saturated carbocycles. The number of halogens is 1. The van der Waals surface area contributed by atoms with Crippen molar-refractivity contribution in [2.45, 2.75) is 39.5 Å². The average Bonchev–Trinajstić information content (AvgIpc) is 2.94. The molecule has 1 aliphatic rings. The van der Waals surface area contributed by atoms with Gasteiger partial charge < -0.3 is 14.8 Å². The number of carbonyl (C=O) groups excluding carboxylic acids is 2. The zero-order valence-corrected chi connectivity index (χ0v) is 18.0. The number of carbonyl (C=O) groups is 2. The maximum atomic E-state index is 12.0. The van der Waals surface area contributed by atoms with E-state index < -0.39 is 0 Å². The molecule has 1 N–H and O–H groups in total. The SMILES string of the molecule is CCCCCCOc1c(Br)cc(C=C2SC(NC(C)=O)=NC2=O)cc1OC. The zero-order valence-electron chi connectivity index (χ0n) is 15.6. The van der Waals surface area contributed by atoms with Crippen LogP contribution in [0.2, 0.25) is 0 Å². The fourth-order valence-corrected chi connectivity index (χ4v) is 3.86. The topological polar surface area (TPSA) is 77.0 Å². The van der Waals surface area contributed by atoms with Crippen LogP contribution in [0.3, 0.4) is 0 Å². The summed E-state index contributed by atoms with van der Waals surface area (Å²) in [5.74, 6) is 0.595. The molecule has 0 radical (unpaired) electrons. The van der Waals surface area contributed by atoms with E-state index >= 15 is 0 Å². The Labute approximate surface area is 171 Å². The predicted octanol–water partition coefficient (Wildman–Crippen LogP) is 4.52. The molecule has 1 aromatic carbocycles. The molecule has 1 heterocycles. The monoisotopic (exact) mass is 454 g/mol. The number of hydrogen-bond acceptors (Lipinski definition) is 5. The van der Waals surface area contributed by atoms with Crippen molar-refractivity contribution in [1.82, 2.24) is 5.32 Å². The summed E-state index contributed by atoms with van der Waals surface area (Å²) < 4.78 is 12.1. The van der Waals surface area contributed by atoms with Gasteiger partial charge in [-0.15, -0.1) is 0 Å². The summed E-state index contributed by atoms with van der Waals surface area (Å²) in [5.41, 5.74) is 0.771. The van der Waals surface area contributed by atoms with Crippen molar-refractivity contribution in [3.8, 4) is 11.5 Å². The quantitative estimate of drug-likeness (QED) is 0.461. The first-order valence-electron chi connectivity index (χ1n) is 8.75. The van der Waals surface area contributed by atoms with Crippen molar-refractivity contribution in [3.05, 3.63) is 27.1 Å². The van der Waals surface area contributed by atoms with Crippen LogP contribution in [-0.2, 0) is 9.59 Å². The molecule has 0 atom stereocenters. The first-order chi connectivity index (χ1) is 12.9. The molecule has 0 spiro atoms. The van der Waals surface area contributed by atoms with Crippen molar-refractivity contribution in [2.24, 2.45) is 4.99 Å².